The van der Waals surface area contributed by atoms with Crippen LogP contribution in [0.3, 0.4) is 0 Å². The highest BCUT2D eigenvalue weighted by Crippen LogP contribution is 2.35. The Kier molecular flexibility index (Phi) is 5.75. The van der Waals surface area contributed by atoms with E-state index in [9.17, 15) is 14.4 Å². The van der Waals surface area contributed by atoms with Gasteiger partial charge in [-0.25, -0.2) is 4.39 Å². The zero-order valence-corrected chi connectivity index (χ0v) is 14.0. The van der Waals surface area contributed by atoms with E-state index in [1.54, 1.807) is 12.1 Å². The minimum absolute atomic E-state index is 0.114. The number of nitrogens with zero attached hydrogens (tertiary/aromatic N) is 1. The van der Waals surface area contributed by atoms with E-state index in [1.165, 1.54) is 51.7 Å². The Morgan fingerprint density at radius 2 is 1.56 bits per heavy atom. The highest BCUT2D eigenvalue weighted by atomic mass is 19.1. The van der Waals surface area contributed by atoms with Crippen molar-refractivity contribution < 1.29 is 23.4 Å². The number of rotatable bonds is 6. The van der Waals surface area contributed by atoms with Crippen LogP contribution >= 0.6 is 0 Å². The molecule has 0 aliphatic carbocycles. The molecule has 6 heteroatoms. The van der Waals surface area contributed by atoms with Crippen LogP contribution in [0.2, 0.25) is 0 Å². The van der Waals surface area contributed by atoms with Crippen LogP contribution in [0.1, 0.15) is 15.9 Å². The molecular formula is C19H16FNO4. The molecule has 0 aromatic heterocycles. The van der Waals surface area contributed by atoms with Gasteiger partial charge in [-0.05, 0) is 36.4 Å². The molecule has 0 spiro atoms. The third-order valence-electron chi connectivity index (χ3n) is 3.51. The quantitative estimate of drug-likeness (QED) is 0.456. The van der Waals surface area contributed by atoms with Gasteiger partial charge in [0.05, 0.1) is 21.3 Å². The molecule has 0 saturated heterocycles. The van der Waals surface area contributed by atoms with E-state index in [-0.39, 0.29) is 11.1 Å². The lowest BCUT2D eigenvalue weighted by molar-refractivity contribution is 0.104. The monoisotopic (exact) mass is 341 g/mol. The molecule has 0 heterocycles. The molecule has 2 aromatic rings. The number of hydrogen-bond acceptors (Lipinski definition) is 5. The summed E-state index contributed by atoms with van der Waals surface area (Å²) in [6, 6.07) is 10.1. The van der Waals surface area contributed by atoms with Crippen LogP contribution in [0.5, 0.6) is 17.2 Å². The number of benzene rings is 2. The fourth-order valence-corrected chi connectivity index (χ4v) is 2.23. The molecule has 2 rings (SSSR count). The first kappa shape index (κ1) is 18.0. The van der Waals surface area contributed by atoms with Crippen LogP contribution in [0.25, 0.3) is 6.08 Å². The van der Waals surface area contributed by atoms with E-state index in [0.717, 1.165) is 0 Å². The van der Waals surface area contributed by atoms with Crippen molar-refractivity contribution in [1.29, 1.82) is 5.26 Å². The first-order chi connectivity index (χ1) is 12.0. The van der Waals surface area contributed by atoms with Crippen LogP contribution in [0, 0.1) is 17.1 Å². The summed E-state index contributed by atoms with van der Waals surface area (Å²) in [5.41, 5.74) is 0.581. The van der Waals surface area contributed by atoms with Crippen LogP contribution in [0.4, 0.5) is 4.39 Å². The Balaban J connectivity index is 2.50. The maximum Gasteiger partial charge on any atom is 0.203 e. The van der Waals surface area contributed by atoms with Crippen LogP contribution < -0.4 is 14.2 Å². The van der Waals surface area contributed by atoms with Gasteiger partial charge in [-0.2, -0.15) is 5.26 Å². The standard InChI is InChI=1S/C19H16FNO4/c1-23-16-10-18(25-3)17(24-2)9-13(16)8-14(11-21)19(22)12-4-6-15(20)7-5-12/h4-10H,1-3H3/b14-8+. The SMILES string of the molecule is COc1cc(OC)c(OC)cc1/C=C(\C#N)C(=O)c1ccc(F)cc1. The normalized spacial score (nSPS) is 10.8. The highest BCUT2D eigenvalue weighted by Gasteiger charge is 2.16. The van der Waals surface area contributed by atoms with E-state index in [2.05, 4.69) is 0 Å². The molecule has 0 unspecified atom stereocenters. The topological polar surface area (TPSA) is 68.6 Å². The number of carbonyl (C=O) groups is 1. The summed E-state index contributed by atoms with van der Waals surface area (Å²) < 4.78 is 28.7. The van der Waals surface area contributed by atoms with E-state index < -0.39 is 11.6 Å². The first-order valence-corrected chi connectivity index (χ1v) is 7.26. The third-order valence-corrected chi connectivity index (χ3v) is 3.51. The summed E-state index contributed by atoms with van der Waals surface area (Å²) in [5.74, 6) is 0.332. The van der Waals surface area contributed by atoms with Gasteiger partial charge in [-0.15, -0.1) is 0 Å². The van der Waals surface area contributed by atoms with Crippen molar-refractivity contribution in [1.82, 2.24) is 0 Å². The van der Waals surface area contributed by atoms with Crippen molar-refractivity contribution in [3.05, 3.63) is 58.9 Å². The average Bonchev–Trinajstić information content (AvgIpc) is 2.65. The number of hydrogen-bond donors (Lipinski definition) is 0. The average molecular weight is 341 g/mol. The summed E-state index contributed by atoms with van der Waals surface area (Å²) in [4.78, 5) is 12.5. The number of nitriles is 1. The van der Waals surface area contributed by atoms with Crippen molar-refractivity contribution in [3.63, 3.8) is 0 Å². The molecule has 25 heavy (non-hydrogen) atoms. The predicted molar refractivity (Wildman–Crippen MR) is 90.4 cm³/mol. The Bertz CT molecular complexity index is 851. The number of methoxy groups -OCH3 is 3. The lowest BCUT2D eigenvalue weighted by Gasteiger charge is -2.12. The summed E-state index contributed by atoms with van der Waals surface area (Å²) in [5, 5.41) is 9.35. The van der Waals surface area contributed by atoms with Crippen LogP contribution in [-0.2, 0) is 0 Å². The van der Waals surface area contributed by atoms with E-state index >= 15 is 0 Å². The van der Waals surface area contributed by atoms with Gasteiger partial charge < -0.3 is 14.2 Å². The number of Topliss-reactive ketones (excluding diaryl/α,β-unsaturated/α-hetero) is 1. The van der Waals surface area contributed by atoms with Gasteiger partial charge >= 0.3 is 0 Å². The summed E-state index contributed by atoms with van der Waals surface area (Å²) in [6.45, 7) is 0. The number of carbonyl (C=O) groups excluding carboxylic acids is 1. The van der Waals surface area contributed by atoms with Gasteiger partial charge in [-0.1, -0.05) is 0 Å². The summed E-state index contributed by atoms with van der Waals surface area (Å²) in [6.07, 6.45) is 1.40. The van der Waals surface area contributed by atoms with Crippen LogP contribution in [0.15, 0.2) is 42.0 Å². The Morgan fingerprint density at radius 1 is 1.00 bits per heavy atom. The Hall–Kier alpha value is -3.33. The Morgan fingerprint density at radius 3 is 2.08 bits per heavy atom. The lowest BCUT2D eigenvalue weighted by Crippen LogP contribution is -2.02. The summed E-state index contributed by atoms with van der Waals surface area (Å²) >= 11 is 0. The van der Waals surface area contributed by atoms with Crippen molar-refractivity contribution in [2.24, 2.45) is 0 Å². The molecule has 0 aliphatic heterocycles. The van der Waals surface area contributed by atoms with Crippen molar-refractivity contribution in [2.75, 3.05) is 21.3 Å². The van der Waals surface area contributed by atoms with E-state index in [1.807, 2.05) is 6.07 Å². The number of allylic oxidation sites excluding steroid dienone is 1. The molecule has 0 N–H and O–H groups in total. The second-order valence-corrected chi connectivity index (χ2v) is 4.95. The molecule has 0 radical (unpaired) electrons. The molecule has 0 fully saturated rings. The molecule has 0 aliphatic rings. The fraction of sp³-hybridized carbons (Fsp3) is 0.158. The fourth-order valence-electron chi connectivity index (χ4n) is 2.23. The van der Waals surface area contributed by atoms with Gasteiger partial charge in [0.25, 0.3) is 0 Å². The minimum atomic E-state index is -0.515. The molecule has 5 nitrogen and oxygen atoms in total. The minimum Gasteiger partial charge on any atom is -0.496 e. The van der Waals surface area contributed by atoms with Crippen molar-refractivity contribution in [3.8, 4) is 23.3 Å². The molecule has 128 valence electrons. The smallest absolute Gasteiger partial charge is 0.203 e. The molecule has 2 aromatic carbocycles. The maximum atomic E-state index is 13.0. The lowest BCUT2D eigenvalue weighted by atomic mass is 10.0. The zero-order chi connectivity index (χ0) is 18.4. The zero-order valence-electron chi connectivity index (χ0n) is 14.0. The van der Waals surface area contributed by atoms with Gasteiger partial charge in [-0.3, -0.25) is 4.79 Å². The van der Waals surface area contributed by atoms with Crippen molar-refractivity contribution >= 4 is 11.9 Å². The van der Waals surface area contributed by atoms with Gasteiger partial charge in [0.2, 0.25) is 5.78 Å². The largest absolute Gasteiger partial charge is 0.496 e. The van der Waals surface area contributed by atoms with Gasteiger partial charge in [0.1, 0.15) is 23.2 Å². The molecule has 0 bridgehead atoms. The molecular weight excluding hydrogens is 325 g/mol. The second kappa shape index (κ2) is 7.97. The third kappa shape index (κ3) is 3.96. The molecule has 0 saturated carbocycles. The van der Waals surface area contributed by atoms with Gasteiger partial charge in [0, 0.05) is 17.2 Å². The van der Waals surface area contributed by atoms with E-state index in [0.29, 0.717) is 22.8 Å². The number of ketones is 1. The highest BCUT2D eigenvalue weighted by molar-refractivity contribution is 6.14. The Labute approximate surface area is 144 Å². The number of ether oxygens (including phenoxy) is 3. The molecule has 0 amide bonds. The first-order valence-electron chi connectivity index (χ1n) is 7.26. The summed E-state index contributed by atoms with van der Waals surface area (Å²) in [7, 11) is 4.44. The van der Waals surface area contributed by atoms with Crippen LogP contribution in [-0.4, -0.2) is 27.1 Å². The number of halogens is 1. The second-order valence-electron chi connectivity index (χ2n) is 4.95. The van der Waals surface area contributed by atoms with E-state index in [4.69, 9.17) is 14.2 Å². The maximum absolute atomic E-state index is 13.0. The predicted octanol–water partition coefficient (Wildman–Crippen LogP) is 3.64. The van der Waals surface area contributed by atoms with Crippen molar-refractivity contribution in [2.45, 2.75) is 0 Å². The van der Waals surface area contributed by atoms with Gasteiger partial charge in [0.15, 0.2) is 11.5 Å². The molecule has 0 atom stereocenters.